The second-order valence-electron chi connectivity index (χ2n) is 5.86. The summed E-state index contributed by atoms with van der Waals surface area (Å²) in [5.74, 6) is -0.619. The lowest BCUT2D eigenvalue weighted by Crippen LogP contribution is -2.11. The van der Waals surface area contributed by atoms with Gasteiger partial charge in [0.05, 0.1) is 23.0 Å². The molecule has 0 unspecified atom stereocenters. The summed E-state index contributed by atoms with van der Waals surface area (Å²) < 4.78 is 20.0. The van der Waals surface area contributed by atoms with Gasteiger partial charge in [0.2, 0.25) is 0 Å². The molecule has 0 radical (unpaired) electrons. The molecule has 1 aromatic heterocycles. The number of nitrogen functional groups attached to an aromatic ring is 1. The number of aromatic nitrogens is 2. The molecule has 24 heavy (non-hydrogen) atoms. The van der Waals surface area contributed by atoms with Crippen molar-refractivity contribution in [2.75, 3.05) is 12.3 Å². The molecule has 1 aromatic carbocycles. The quantitative estimate of drug-likeness (QED) is 0.842. The molecule has 7 heteroatoms. The minimum atomic E-state index is -0.521. The van der Waals surface area contributed by atoms with Crippen molar-refractivity contribution in [3.05, 3.63) is 40.3 Å². The lowest BCUT2D eigenvalue weighted by Gasteiger charge is -2.08. The maximum atomic E-state index is 13.4. The molecule has 0 spiro atoms. The number of hydrogen-bond acceptors (Lipinski definition) is 4. The number of ether oxygens (including phenoxy) is 1. The van der Waals surface area contributed by atoms with Gasteiger partial charge >= 0.3 is 5.97 Å². The van der Waals surface area contributed by atoms with Crippen molar-refractivity contribution in [2.45, 2.75) is 38.5 Å². The molecule has 1 aliphatic carbocycles. The fourth-order valence-corrected chi connectivity index (χ4v) is 3.33. The molecule has 0 atom stereocenters. The number of esters is 1. The van der Waals surface area contributed by atoms with Gasteiger partial charge in [0.15, 0.2) is 0 Å². The summed E-state index contributed by atoms with van der Waals surface area (Å²) in [6.45, 7) is 2.00. The summed E-state index contributed by atoms with van der Waals surface area (Å²) in [5.41, 5.74) is 7.66. The van der Waals surface area contributed by atoms with Crippen LogP contribution < -0.4 is 5.73 Å². The second-order valence-corrected chi connectivity index (χ2v) is 6.26. The average molecular weight is 352 g/mol. The Morgan fingerprint density at radius 1 is 1.46 bits per heavy atom. The van der Waals surface area contributed by atoms with Crippen molar-refractivity contribution in [2.24, 2.45) is 0 Å². The summed E-state index contributed by atoms with van der Waals surface area (Å²) in [5, 5.41) is 4.52. The number of halogens is 2. The zero-order valence-electron chi connectivity index (χ0n) is 13.4. The van der Waals surface area contributed by atoms with Gasteiger partial charge in [-0.25, -0.2) is 13.9 Å². The smallest absolute Gasteiger partial charge is 0.343 e. The Morgan fingerprint density at radius 2 is 2.17 bits per heavy atom. The highest BCUT2D eigenvalue weighted by Gasteiger charge is 2.30. The molecule has 1 saturated carbocycles. The van der Waals surface area contributed by atoms with E-state index in [1.54, 1.807) is 6.92 Å². The van der Waals surface area contributed by atoms with E-state index < -0.39 is 11.8 Å². The van der Waals surface area contributed by atoms with Crippen molar-refractivity contribution in [3.63, 3.8) is 0 Å². The van der Waals surface area contributed by atoms with Crippen LogP contribution in [0.15, 0.2) is 18.2 Å². The first-order chi connectivity index (χ1) is 11.5. The van der Waals surface area contributed by atoms with Crippen molar-refractivity contribution < 1.29 is 13.9 Å². The van der Waals surface area contributed by atoms with E-state index in [2.05, 4.69) is 5.10 Å². The molecule has 2 N–H and O–H groups in total. The van der Waals surface area contributed by atoms with Crippen LogP contribution in [0.25, 0.3) is 5.69 Å². The van der Waals surface area contributed by atoms with Crippen molar-refractivity contribution >= 4 is 23.4 Å². The molecule has 128 valence electrons. The number of carbonyl (C=O) groups excluding carboxylic acids is 1. The Kier molecular flexibility index (Phi) is 4.76. The Balaban J connectivity index is 2.11. The third-order valence-corrected chi connectivity index (χ3v) is 4.61. The van der Waals surface area contributed by atoms with Crippen LogP contribution in [0.2, 0.25) is 5.02 Å². The third-order valence-electron chi connectivity index (χ3n) is 4.32. The molecule has 1 heterocycles. The Hall–Kier alpha value is -2.08. The van der Waals surface area contributed by atoms with Gasteiger partial charge in [-0.15, -0.1) is 0 Å². The number of carbonyl (C=O) groups is 1. The number of anilines is 1. The van der Waals surface area contributed by atoms with Crippen LogP contribution in [0, 0.1) is 5.82 Å². The van der Waals surface area contributed by atoms with Crippen molar-refractivity contribution in [1.29, 1.82) is 0 Å². The molecule has 5 nitrogen and oxygen atoms in total. The van der Waals surface area contributed by atoms with Gasteiger partial charge in [-0.3, -0.25) is 0 Å². The van der Waals surface area contributed by atoms with Crippen LogP contribution in [0.5, 0.6) is 0 Å². The first kappa shape index (κ1) is 16.8. The zero-order chi connectivity index (χ0) is 17.3. The van der Waals surface area contributed by atoms with Crippen LogP contribution in [-0.4, -0.2) is 22.4 Å². The molecular formula is C17H19ClFN3O2. The molecule has 3 rings (SSSR count). The summed E-state index contributed by atoms with van der Waals surface area (Å²) in [4.78, 5) is 12.4. The Labute approximate surface area is 144 Å². The molecular weight excluding hydrogens is 333 g/mol. The number of nitrogens with zero attached hydrogens (tertiary/aromatic N) is 2. The third kappa shape index (κ3) is 2.98. The first-order valence-electron chi connectivity index (χ1n) is 8.03. The zero-order valence-corrected chi connectivity index (χ0v) is 14.1. The van der Waals surface area contributed by atoms with Crippen LogP contribution >= 0.6 is 11.6 Å². The minimum Gasteiger partial charge on any atom is -0.462 e. The van der Waals surface area contributed by atoms with E-state index in [0.29, 0.717) is 16.9 Å². The van der Waals surface area contributed by atoms with Crippen molar-refractivity contribution in [3.8, 4) is 5.69 Å². The highest BCUT2D eigenvalue weighted by molar-refractivity contribution is 6.30. The molecule has 1 fully saturated rings. The van der Waals surface area contributed by atoms with Gasteiger partial charge in [-0.2, -0.15) is 5.10 Å². The van der Waals surface area contributed by atoms with Crippen LogP contribution in [-0.2, 0) is 4.74 Å². The summed E-state index contributed by atoms with van der Waals surface area (Å²) in [6, 6.07) is 4.21. The van der Waals surface area contributed by atoms with E-state index in [9.17, 15) is 9.18 Å². The maximum Gasteiger partial charge on any atom is 0.343 e. The summed E-state index contributed by atoms with van der Waals surface area (Å²) in [6.07, 6.45) is 4.13. The first-order valence-corrected chi connectivity index (χ1v) is 8.41. The van der Waals surface area contributed by atoms with Gasteiger partial charge < -0.3 is 10.5 Å². The van der Waals surface area contributed by atoms with Crippen molar-refractivity contribution in [1.82, 2.24) is 9.78 Å². The average Bonchev–Trinajstić information content (AvgIpc) is 3.18. The standard InChI is InChI=1S/C17H19ClFN3O2/c1-2-24-17(23)14-15(10-5-3-4-6-10)21-22(16(14)20)11-7-8-13(19)12(18)9-11/h7-10H,2-6,20H2,1H3. The number of rotatable bonds is 4. The fourth-order valence-electron chi connectivity index (χ4n) is 3.16. The van der Waals surface area contributed by atoms with Gasteiger partial charge in [0.1, 0.15) is 17.2 Å². The lowest BCUT2D eigenvalue weighted by atomic mass is 10.00. The molecule has 0 aliphatic heterocycles. The minimum absolute atomic E-state index is 0.0255. The topological polar surface area (TPSA) is 70.1 Å². The van der Waals surface area contributed by atoms with Gasteiger partial charge in [-0.05, 0) is 38.0 Å². The number of nitrogens with two attached hydrogens (primary N) is 1. The maximum absolute atomic E-state index is 13.4. The molecule has 0 bridgehead atoms. The van der Waals surface area contributed by atoms with Gasteiger partial charge in [0, 0.05) is 5.92 Å². The number of hydrogen-bond donors (Lipinski definition) is 1. The lowest BCUT2D eigenvalue weighted by molar-refractivity contribution is 0.0526. The molecule has 0 amide bonds. The van der Waals surface area contributed by atoms with Crippen LogP contribution in [0.4, 0.5) is 10.2 Å². The summed E-state index contributed by atoms with van der Waals surface area (Å²) >= 11 is 5.85. The van der Waals surface area contributed by atoms with Crippen LogP contribution in [0.3, 0.4) is 0 Å². The second kappa shape index (κ2) is 6.81. The summed E-state index contributed by atoms with van der Waals surface area (Å²) in [7, 11) is 0. The highest BCUT2D eigenvalue weighted by atomic mass is 35.5. The van der Waals surface area contributed by atoms with Gasteiger partial charge in [-0.1, -0.05) is 24.4 Å². The molecule has 0 saturated heterocycles. The Morgan fingerprint density at radius 3 is 2.79 bits per heavy atom. The van der Waals surface area contributed by atoms with E-state index in [1.807, 2.05) is 0 Å². The Bertz CT molecular complexity index is 769. The molecule has 1 aliphatic rings. The highest BCUT2D eigenvalue weighted by Crippen LogP contribution is 2.38. The van der Waals surface area contributed by atoms with E-state index in [0.717, 1.165) is 25.7 Å². The largest absolute Gasteiger partial charge is 0.462 e. The number of benzene rings is 1. The predicted octanol–water partition coefficient (Wildman–Crippen LogP) is 4.08. The van der Waals surface area contributed by atoms with E-state index in [1.165, 1.54) is 22.9 Å². The predicted molar refractivity (Wildman–Crippen MR) is 90.1 cm³/mol. The molecule has 2 aromatic rings. The van der Waals surface area contributed by atoms with E-state index >= 15 is 0 Å². The van der Waals surface area contributed by atoms with Gasteiger partial charge in [0.25, 0.3) is 0 Å². The monoisotopic (exact) mass is 351 g/mol. The normalized spacial score (nSPS) is 15.0. The van der Waals surface area contributed by atoms with E-state index in [4.69, 9.17) is 22.1 Å². The van der Waals surface area contributed by atoms with E-state index in [-0.39, 0.29) is 23.4 Å². The van der Waals surface area contributed by atoms with Crippen LogP contribution in [0.1, 0.15) is 54.6 Å². The SMILES string of the molecule is CCOC(=O)c1c(C2CCCC2)nn(-c2ccc(F)c(Cl)c2)c1N. The fraction of sp³-hybridized carbons (Fsp3) is 0.412.